The van der Waals surface area contributed by atoms with Gasteiger partial charge in [-0.15, -0.1) is 0 Å². The van der Waals surface area contributed by atoms with Crippen LogP contribution in [0.5, 0.6) is 0 Å². The van der Waals surface area contributed by atoms with Gasteiger partial charge in [0.1, 0.15) is 0 Å². The minimum absolute atomic E-state index is 0.149. The topological polar surface area (TPSA) is 101 Å². The van der Waals surface area contributed by atoms with Crippen LogP contribution < -0.4 is 0 Å². The van der Waals surface area contributed by atoms with Gasteiger partial charge in [-0.1, -0.05) is 12.1 Å². The standard InChI is InChI=1S/C17H19N5O4/c23-16(14-3-1-2-4-15(14)22-18-6-7-19-22)21-12-5-8-20(17(24)25)9-13(21)11-26-10-12/h1-4,6-7,12-13H,5,8-11H2,(H,24,25). The molecule has 2 aliphatic rings. The number of amides is 2. The van der Waals surface area contributed by atoms with Gasteiger partial charge < -0.3 is 19.6 Å². The fourth-order valence-corrected chi connectivity index (χ4v) is 3.63. The van der Waals surface area contributed by atoms with Crippen LogP contribution in [0.3, 0.4) is 0 Å². The molecular weight excluding hydrogens is 338 g/mol. The molecular formula is C17H19N5O4. The molecule has 0 radical (unpaired) electrons. The van der Waals surface area contributed by atoms with E-state index in [9.17, 15) is 14.7 Å². The number of aromatic nitrogens is 3. The number of benzene rings is 1. The van der Waals surface area contributed by atoms with Gasteiger partial charge in [-0.05, 0) is 18.6 Å². The van der Waals surface area contributed by atoms with Crippen molar-refractivity contribution in [2.75, 3.05) is 26.3 Å². The lowest BCUT2D eigenvalue weighted by Crippen LogP contribution is -2.56. The van der Waals surface area contributed by atoms with Crippen molar-refractivity contribution in [2.45, 2.75) is 18.5 Å². The molecule has 136 valence electrons. The van der Waals surface area contributed by atoms with Crippen LogP contribution in [0, 0.1) is 0 Å². The lowest BCUT2D eigenvalue weighted by molar-refractivity contribution is -0.0320. The molecule has 0 saturated carbocycles. The van der Waals surface area contributed by atoms with E-state index in [1.165, 1.54) is 9.70 Å². The van der Waals surface area contributed by atoms with Crippen molar-refractivity contribution in [1.82, 2.24) is 24.8 Å². The van der Waals surface area contributed by atoms with Crippen molar-refractivity contribution < 1.29 is 19.4 Å². The largest absolute Gasteiger partial charge is 0.465 e. The Morgan fingerprint density at radius 3 is 2.62 bits per heavy atom. The third-order valence-corrected chi connectivity index (χ3v) is 4.84. The van der Waals surface area contributed by atoms with Gasteiger partial charge in [0.15, 0.2) is 0 Å². The molecule has 2 fully saturated rings. The number of morpholine rings is 1. The first-order valence-electron chi connectivity index (χ1n) is 8.49. The fraction of sp³-hybridized carbons (Fsp3) is 0.412. The molecule has 2 bridgehead atoms. The molecule has 9 nitrogen and oxygen atoms in total. The number of rotatable bonds is 2. The third-order valence-electron chi connectivity index (χ3n) is 4.84. The number of hydrogen-bond donors (Lipinski definition) is 1. The molecule has 2 atom stereocenters. The third kappa shape index (κ3) is 2.90. The minimum atomic E-state index is -0.967. The van der Waals surface area contributed by atoms with Crippen molar-refractivity contribution in [3.05, 3.63) is 42.2 Å². The molecule has 2 aliphatic heterocycles. The van der Waals surface area contributed by atoms with Gasteiger partial charge in [0, 0.05) is 13.1 Å². The van der Waals surface area contributed by atoms with E-state index in [2.05, 4.69) is 10.2 Å². The van der Waals surface area contributed by atoms with E-state index in [1.54, 1.807) is 35.5 Å². The van der Waals surface area contributed by atoms with Gasteiger partial charge in [-0.25, -0.2) is 4.79 Å². The number of carbonyl (C=O) groups is 2. The first-order chi connectivity index (χ1) is 12.6. The first kappa shape index (κ1) is 16.5. The maximum atomic E-state index is 13.4. The highest BCUT2D eigenvalue weighted by atomic mass is 16.5. The normalized spacial score (nSPS) is 22.8. The van der Waals surface area contributed by atoms with Gasteiger partial charge in [0.2, 0.25) is 0 Å². The summed E-state index contributed by atoms with van der Waals surface area (Å²) in [5.41, 5.74) is 1.09. The highest BCUT2D eigenvalue weighted by Gasteiger charge is 2.40. The molecule has 26 heavy (non-hydrogen) atoms. The maximum Gasteiger partial charge on any atom is 0.407 e. The highest BCUT2D eigenvalue weighted by Crippen LogP contribution is 2.26. The second-order valence-corrected chi connectivity index (χ2v) is 6.41. The summed E-state index contributed by atoms with van der Waals surface area (Å²) in [5.74, 6) is -0.150. The Balaban J connectivity index is 1.69. The molecule has 4 rings (SSSR count). The van der Waals surface area contributed by atoms with Crippen molar-refractivity contribution in [3.8, 4) is 5.69 Å². The number of carboxylic acid groups (broad SMARTS) is 1. The zero-order valence-electron chi connectivity index (χ0n) is 14.1. The average molecular weight is 357 g/mol. The van der Waals surface area contributed by atoms with Gasteiger partial charge in [0.25, 0.3) is 5.91 Å². The monoisotopic (exact) mass is 357 g/mol. The van der Waals surface area contributed by atoms with E-state index in [1.807, 2.05) is 6.07 Å². The molecule has 9 heteroatoms. The molecule has 2 saturated heterocycles. The Morgan fingerprint density at radius 1 is 1.12 bits per heavy atom. The van der Waals surface area contributed by atoms with Crippen LogP contribution in [0.2, 0.25) is 0 Å². The number of fused-ring (bicyclic) bond motifs is 2. The maximum absolute atomic E-state index is 13.4. The van der Waals surface area contributed by atoms with Crippen LogP contribution in [0.1, 0.15) is 16.8 Å². The minimum Gasteiger partial charge on any atom is -0.465 e. The van der Waals surface area contributed by atoms with Crippen molar-refractivity contribution >= 4 is 12.0 Å². The number of hydrogen-bond acceptors (Lipinski definition) is 5. The predicted octanol–water partition coefficient (Wildman–Crippen LogP) is 0.861. The quantitative estimate of drug-likeness (QED) is 0.856. The number of para-hydroxylation sites is 1. The number of ether oxygens (including phenoxy) is 1. The Kier molecular flexibility index (Phi) is 4.29. The summed E-state index contributed by atoms with van der Waals surface area (Å²) in [6.45, 7) is 1.39. The molecule has 1 N–H and O–H groups in total. The Hall–Kier alpha value is -2.94. The molecule has 0 spiro atoms. The fourth-order valence-electron chi connectivity index (χ4n) is 3.63. The summed E-state index contributed by atoms with van der Waals surface area (Å²) in [6.07, 6.45) is 2.70. The molecule has 2 unspecified atom stereocenters. The lowest BCUT2D eigenvalue weighted by Gasteiger charge is -2.40. The summed E-state index contributed by atoms with van der Waals surface area (Å²) >= 11 is 0. The van der Waals surface area contributed by atoms with Crippen LogP contribution in [0.25, 0.3) is 5.69 Å². The van der Waals surface area contributed by atoms with Crippen LogP contribution in [-0.2, 0) is 4.74 Å². The second kappa shape index (κ2) is 6.75. The summed E-state index contributed by atoms with van der Waals surface area (Å²) in [4.78, 5) is 29.4. The first-order valence-corrected chi connectivity index (χ1v) is 8.49. The van der Waals surface area contributed by atoms with Crippen molar-refractivity contribution in [3.63, 3.8) is 0 Å². The van der Waals surface area contributed by atoms with Crippen LogP contribution in [-0.4, -0.2) is 80.3 Å². The van der Waals surface area contributed by atoms with Crippen molar-refractivity contribution in [1.29, 1.82) is 0 Å². The molecule has 0 aliphatic carbocycles. The van der Waals surface area contributed by atoms with Crippen LogP contribution in [0.15, 0.2) is 36.7 Å². The summed E-state index contributed by atoms with van der Waals surface area (Å²) in [5, 5.41) is 17.6. The number of nitrogens with zero attached hydrogens (tertiary/aromatic N) is 5. The van der Waals surface area contributed by atoms with E-state index in [0.29, 0.717) is 37.4 Å². The smallest absolute Gasteiger partial charge is 0.407 e. The van der Waals surface area contributed by atoms with E-state index in [0.717, 1.165) is 0 Å². The Morgan fingerprint density at radius 2 is 1.85 bits per heavy atom. The highest BCUT2D eigenvalue weighted by molar-refractivity contribution is 5.98. The van der Waals surface area contributed by atoms with Crippen molar-refractivity contribution in [2.24, 2.45) is 0 Å². The second-order valence-electron chi connectivity index (χ2n) is 6.41. The van der Waals surface area contributed by atoms with Crippen LogP contribution >= 0.6 is 0 Å². The van der Waals surface area contributed by atoms with Gasteiger partial charge in [0.05, 0.1) is 48.9 Å². The SMILES string of the molecule is O=C(O)N1CCC2COCC(C1)N2C(=O)c1ccccc1-n1nccn1. The van der Waals surface area contributed by atoms with Gasteiger partial charge in [-0.2, -0.15) is 15.0 Å². The molecule has 2 amide bonds. The van der Waals surface area contributed by atoms with Gasteiger partial charge in [-0.3, -0.25) is 4.79 Å². The predicted molar refractivity (Wildman–Crippen MR) is 90.1 cm³/mol. The molecule has 2 aromatic rings. The Bertz CT molecular complexity index is 809. The molecule has 3 heterocycles. The average Bonchev–Trinajstić information content (AvgIpc) is 3.15. The molecule has 1 aromatic heterocycles. The van der Waals surface area contributed by atoms with Gasteiger partial charge >= 0.3 is 6.09 Å². The molecule has 1 aromatic carbocycles. The van der Waals surface area contributed by atoms with Crippen LogP contribution in [0.4, 0.5) is 4.79 Å². The van der Waals surface area contributed by atoms with E-state index in [4.69, 9.17) is 4.74 Å². The Labute approximate surface area is 149 Å². The zero-order valence-corrected chi connectivity index (χ0v) is 14.1. The number of carbonyl (C=O) groups excluding carboxylic acids is 1. The zero-order chi connectivity index (χ0) is 18.1. The summed E-state index contributed by atoms with van der Waals surface area (Å²) in [7, 11) is 0. The van der Waals surface area contributed by atoms with E-state index < -0.39 is 6.09 Å². The van der Waals surface area contributed by atoms with E-state index in [-0.39, 0.29) is 24.5 Å². The summed E-state index contributed by atoms with van der Waals surface area (Å²) in [6, 6.07) is 6.71. The summed E-state index contributed by atoms with van der Waals surface area (Å²) < 4.78 is 5.62. The lowest BCUT2D eigenvalue weighted by atomic mass is 10.0. The van der Waals surface area contributed by atoms with E-state index >= 15 is 0 Å².